The highest BCUT2D eigenvalue weighted by Crippen LogP contribution is 2.18. The van der Waals surface area contributed by atoms with Crippen molar-refractivity contribution in [2.24, 2.45) is 7.05 Å². The summed E-state index contributed by atoms with van der Waals surface area (Å²) in [6, 6.07) is 7.86. The van der Waals surface area contributed by atoms with Crippen molar-refractivity contribution in [3.05, 3.63) is 47.3 Å². The minimum absolute atomic E-state index is 0.0902. The fraction of sp³-hybridized carbons (Fsp3) is 0.333. The van der Waals surface area contributed by atoms with Gasteiger partial charge in [0.2, 0.25) is 0 Å². The molecule has 0 amide bonds. The number of ether oxygens (including phenoxy) is 1. The van der Waals surface area contributed by atoms with Crippen LogP contribution in [0.1, 0.15) is 34.6 Å². The number of benzene rings is 1. The van der Waals surface area contributed by atoms with E-state index in [2.05, 4.69) is 10.4 Å². The molecule has 1 atom stereocenters. The molecule has 2 rings (SSSR count). The molecule has 21 heavy (non-hydrogen) atoms. The summed E-state index contributed by atoms with van der Waals surface area (Å²) in [6.07, 6.45) is 1.37. The molecule has 1 aromatic carbocycles. The Morgan fingerprint density at radius 3 is 2.67 bits per heavy atom. The number of carbonyl (C=O) groups is 1. The van der Waals surface area contributed by atoms with Crippen LogP contribution in [0.5, 0.6) is 5.75 Å². The number of carboxylic acids is 1. The molecule has 0 radical (unpaired) electrons. The highest BCUT2D eigenvalue weighted by molar-refractivity contribution is 5.88. The average molecular weight is 289 g/mol. The predicted octanol–water partition coefficient (Wildman–Crippen LogP) is 1.98. The number of aromatic carboxylic acids is 1. The number of hydrogen-bond donors (Lipinski definition) is 2. The molecule has 0 unspecified atom stereocenters. The lowest BCUT2D eigenvalue weighted by Crippen LogP contribution is -2.21. The molecule has 2 aromatic rings. The topological polar surface area (TPSA) is 76.4 Å². The third-order valence-corrected chi connectivity index (χ3v) is 3.48. The standard InChI is InChI=1S/C15H19N3O3/c1-10(11-4-6-12(21-3)7-5-11)16-9-14-13(15(19)20)8-17-18(14)2/h4-8,10,16H,9H2,1-3H3,(H,19,20)/t10-/m1/s1. The molecule has 0 aliphatic heterocycles. The predicted molar refractivity (Wildman–Crippen MR) is 78.4 cm³/mol. The highest BCUT2D eigenvalue weighted by Gasteiger charge is 2.15. The van der Waals surface area contributed by atoms with Gasteiger partial charge in [-0.3, -0.25) is 4.68 Å². The SMILES string of the molecule is COc1ccc([C@@H](C)NCc2c(C(=O)O)cnn2C)cc1. The third-order valence-electron chi connectivity index (χ3n) is 3.48. The molecule has 112 valence electrons. The van der Waals surface area contributed by atoms with E-state index >= 15 is 0 Å². The number of hydrogen-bond acceptors (Lipinski definition) is 4. The number of nitrogens with one attached hydrogen (secondary N) is 1. The molecule has 6 heteroatoms. The zero-order valence-electron chi connectivity index (χ0n) is 12.3. The van der Waals surface area contributed by atoms with Gasteiger partial charge in [-0.15, -0.1) is 0 Å². The summed E-state index contributed by atoms with van der Waals surface area (Å²) in [5.41, 5.74) is 1.99. The van der Waals surface area contributed by atoms with Gasteiger partial charge in [0.1, 0.15) is 11.3 Å². The summed E-state index contributed by atoms with van der Waals surface area (Å²) in [6.45, 7) is 2.46. The van der Waals surface area contributed by atoms with E-state index in [4.69, 9.17) is 9.84 Å². The minimum atomic E-state index is -0.961. The van der Waals surface area contributed by atoms with Crippen LogP contribution in [-0.2, 0) is 13.6 Å². The smallest absolute Gasteiger partial charge is 0.339 e. The molecule has 0 fully saturated rings. The lowest BCUT2D eigenvalue weighted by Gasteiger charge is -2.15. The van der Waals surface area contributed by atoms with E-state index in [1.54, 1.807) is 18.8 Å². The maximum Gasteiger partial charge on any atom is 0.339 e. The van der Waals surface area contributed by atoms with Crippen LogP contribution in [0.4, 0.5) is 0 Å². The Bertz CT molecular complexity index is 620. The number of nitrogens with zero attached hydrogens (tertiary/aromatic N) is 2. The first kappa shape index (κ1) is 15.1. The molecule has 0 saturated heterocycles. The molecule has 0 saturated carbocycles. The van der Waals surface area contributed by atoms with Crippen LogP contribution < -0.4 is 10.1 Å². The van der Waals surface area contributed by atoms with Crippen LogP contribution in [-0.4, -0.2) is 28.0 Å². The molecule has 0 bridgehead atoms. The fourth-order valence-corrected chi connectivity index (χ4v) is 2.11. The third kappa shape index (κ3) is 3.41. The van der Waals surface area contributed by atoms with Crippen molar-refractivity contribution >= 4 is 5.97 Å². The number of aromatic nitrogens is 2. The quantitative estimate of drug-likeness (QED) is 0.850. The first-order valence-corrected chi connectivity index (χ1v) is 6.64. The van der Waals surface area contributed by atoms with Crippen molar-refractivity contribution in [2.45, 2.75) is 19.5 Å². The van der Waals surface area contributed by atoms with E-state index in [0.29, 0.717) is 12.2 Å². The van der Waals surface area contributed by atoms with Crippen molar-refractivity contribution in [2.75, 3.05) is 7.11 Å². The molecular formula is C15H19N3O3. The van der Waals surface area contributed by atoms with Crippen LogP contribution in [0, 0.1) is 0 Å². The maximum atomic E-state index is 11.1. The lowest BCUT2D eigenvalue weighted by atomic mass is 10.1. The van der Waals surface area contributed by atoms with Crippen LogP contribution in [0.25, 0.3) is 0 Å². The van der Waals surface area contributed by atoms with E-state index in [9.17, 15) is 4.79 Å². The second-order valence-corrected chi connectivity index (χ2v) is 4.81. The Kier molecular flexibility index (Phi) is 4.59. The van der Waals surface area contributed by atoms with Crippen molar-refractivity contribution in [1.82, 2.24) is 15.1 Å². The van der Waals surface area contributed by atoms with E-state index in [1.165, 1.54) is 6.20 Å². The van der Waals surface area contributed by atoms with E-state index in [0.717, 1.165) is 11.3 Å². The molecule has 0 aliphatic rings. The van der Waals surface area contributed by atoms with Crippen LogP contribution in [0.15, 0.2) is 30.5 Å². The monoisotopic (exact) mass is 289 g/mol. The zero-order chi connectivity index (χ0) is 15.4. The van der Waals surface area contributed by atoms with E-state index in [1.807, 2.05) is 31.2 Å². The first-order valence-electron chi connectivity index (χ1n) is 6.64. The van der Waals surface area contributed by atoms with E-state index in [-0.39, 0.29) is 11.6 Å². The van der Waals surface area contributed by atoms with Crippen molar-refractivity contribution in [3.63, 3.8) is 0 Å². The zero-order valence-corrected chi connectivity index (χ0v) is 12.3. The van der Waals surface area contributed by atoms with Gasteiger partial charge in [-0.1, -0.05) is 12.1 Å². The van der Waals surface area contributed by atoms with Gasteiger partial charge in [0, 0.05) is 19.6 Å². The molecule has 2 N–H and O–H groups in total. The van der Waals surface area contributed by atoms with Gasteiger partial charge in [-0.25, -0.2) is 4.79 Å². The molecule has 6 nitrogen and oxygen atoms in total. The maximum absolute atomic E-state index is 11.1. The molecular weight excluding hydrogens is 270 g/mol. The van der Waals surface area contributed by atoms with Gasteiger partial charge in [-0.05, 0) is 24.6 Å². The van der Waals surface area contributed by atoms with Gasteiger partial charge in [-0.2, -0.15) is 5.10 Å². The minimum Gasteiger partial charge on any atom is -0.497 e. The lowest BCUT2D eigenvalue weighted by molar-refractivity contribution is 0.0695. The number of aryl methyl sites for hydroxylation is 1. The first-order chi connectivity index (χ1) is 10.0. The summed E-state index contributed by atoms with van der Waals surface area (Å²) >= 11 is 0. The normalized spacial score (nSPS) is 12.1. The fourth-order valence-electron chi connectivity index (χ4n) is 2.11. The van der Waals surface area contributed by atoms with Gasteiger partial charge < -0.3 is 15.2 Å². The number of rotatable bonds is 6. The molecule has 0 spiro atoms. The molecule has 0 aliphatic carbocycles. The molecule has 1 heterocycles. The summed E-state index contributed by atoms with van der Waals surface area (Å²) in [5, 5.41) is 16.4. The number of methoxy groups -OCH3 is 1. The summed E-state index contributed by atoms with van der Waals surface area (Å²) in [5.74, 6) is -0.150. The van der Waals surface area contributed by atoms with Crippen LogP contribution >= 0.6 is 0 Å². The van der Waals surface area contributed by atoms with Gasteiger partial charge in [0.25, 0.3) is 0 Å². The summed E-state index contributed by atoms with van der Waals surface area (Å²) in [7, 11) is 3.37. The van der Waals surface area contributed by atoms with Crippen molar-refractivity contribution in [3.8, 4) is 5.75 Å². The largest absolute Gasteiger partial charge is 0.497 e. The Balaban J connectivity index is 2.05. The summed E-state index contributed by atoms with van der Waals surface area (Å²) < 4.78 is 6.71. The van der Waals surface area contributed by atoms with Gasteiger partial charge >= 0.3 is 5.97 Å². The van der Waals surface area contributed by atoms with Crippen molar-refractivity contribution < 1.29 is 14.6 Å². The average Bonchev–Trinajstić information content (AvgIpc) is 2.86. The Labute approximate surface area is 123 Å². The second kappa shape index (κ2) is 6.41. The Hall–Kier alpha value is -2.34. The highest BCUT2D eigenvalue weighted by atomic mass is 16.5. The molecule has 1 aromatic heterocycles. The van der Waals surface area contributed by atoms with Crippen LogP contribution in [0.3, 0.4) is 0 Å². The van der Waals surface area contributed by atoms with E-state index < -0.39 is 5.97 Å². The summed E-state index contributed by atoms with van der Waals surface area (Å²) in [4.78, 5) is 11.1. The Morgan fingerprint density at radius 2 is 2.10 bits per heavy atom. The number of carboxylic acid groups (broad SMARTS) is 1. The van der Waals surface area contributed by atoms with Crippen molar-refractivity contribution in [1.29, 1.82) is 0 Å². The second-order valence-electron chi connectivity index (χ2n) is 4.81. The van der Waals surface area contributed by atoms with Gasteiger partial charge in [0.05, 0.1) is 19.0 Å². The van der Waals surface area contributed by atoms with Gasteiger partial charge in [0.15, 0.2) is 0 Å². The van der Waals surface area contributed by atoms with Crippen LogP contribution in [0.2, 0.25) is 0 Å². The Morgan fingerprint density at radius 1 is 1.43 bits per heavy atom.